The molecule has 2 N–H and O–H groups in total. The number of fused-ring (bicyclic) bond motifs is 1. The zero-order chi connectivity index (χ0) is 19.1. The van der Waals surface area contributed by atoms with E-state index in [0.29, 0.717) is 0 Å². The maximum absolute atomic E-state index is 13.3. The van der Waals surface area contributed by atoms with Gasteiger partial charge >= 0.3 is 5.69 Å². The second-order valence-electron chi connectivity index (χ2n) is 7.07. The number of nitrogens with one attached hydrogen (secondary N) is 1. The van der Waals surface area contributed by atoms with Crippen molar-refractivity contribution in [1.29, 1.82) is 0 Å². The van der Waals surface area contributed by atoms with Crippen LogP contribution in [0, 0.1) is 0 Å². The van der Waals surface area contributed by atoms with E-state index in [1.807, 2.05) is 53.1 Å². The summed E-state index contributed by atoms with van der Waals surface area (Å²) in [5.74, 6) is 0.244. The van der Waals surface area contributed by atoms with Crippen molar-refractivity contribution in [3.63, 3.8) is 0 Å². The molecule has 1 fully saturated rings. The molecule has 0 saturated carbocycles. The first-order valence-electron chi connectivity index (χ1n) is 9.41. The molecule has 1 unspecified atom stereocenters. The Balaban J connectivity index is 0.00000205. The lowest BCUT2D eigenvalue weighted by Crippen LogP contribution is -2.28. The zero-order valence-corrected chi connectivity index (χ0v) is 16.5. The van der Waals surface area contributed by atoms with Crippen molar-refractivity contribution in [1.82, 2.24) is 19.4 Å². The molecule has 7 heteroatoms. The summed E-state index contributed by atoms with van der Waals surface area (Å²) < 4.78 is 3.56. The summed E-state index contributed by atoms with van der Waals surface area (Å²) in [6.45, 7) is 1.70. The van der Waals surface area contributed by atoms with Crippen LogP contribution in [0.1, 0.15) is 12.5 Å². The van der Waals surface area contributed by atoms with Gasteiger partial charge in [-0.3, -0.25) is 9.13 Å². The summed E-state index contributed by atoms with van der Waals surface area (Å²) in [7, 11) is 0. The van der Waals surface area contributed by atoms with Crippen molar-refractivity contribution in [3.8, 4) is 22.6 Å². The predicted molar refractivity (Wildman–Crippen MR) is 116 cm³/mol. The van der Waals surface area contributed by atoms with E-state index in [1.54, 1.807) is 22.9 Å². The van der Waals surface area contributed by atoms with E-state index in [-0.39, 0.29) is 29.9 Å². The average molecular weight is 409 g/mol. The summed E-state index contributed by atoms with van der Waals surface area (Å²) >= 11 is 0. The Morgan fingerprint density at radius 3 is 2.34 bits per heavy atom. The van der Waals surface area contributed by atoms with Gasteiger partial charge in [0.1, 0.15) is 5.75 Å². The Kier molecular flexibility index (Phi) is 5.13. The van der Waals surface area contributed by atoms with Gasteiger partial charge in [0.15, 0.2) is 5.65 Å². The summed E-state index contributed by atoms with van der Waals surface area (Å²) in [6, 6.07) is 18.9. The number of aromatic nitrogens is 3. The van der Waals surface area contributed by atoms with Gasteiger partial charge in [-0.1, -0.05) is 24.3 Å². The number of phenols is 1. The molecule has 3 heterocycles. The quantitative estimate of drug-likeness (QED) is 0.544. The van der Waals surface area contributed by atoms with Gasteiger partial charge in [0.05, 0.1) is 17.2 Å². The van der Waals surface area contributed by atoms with Crippen LogP contribution < -0.4 is 11.0 Å². The van der Waals surface area contributed by atoms with E-state index in [0.717, 1.165) is 47.5 Å². The number of halogens is 1. The van der Waals surface area contributed by atoms with Crippen LogP contribution in [-0.2, 0) is 0 Å². The third kappa shape index (κ3) is 3.30. The van der Waals surface area contributed by atoms with Crippen LogP contribution in [0.3, 0.4) is 0 Å². The molecular weight excluding hydrogens is 388 g/mol. The molecule has 1 aliphatic heterocycles. The lowest BCUT2D eigenvalue weighted by Gasteiger charge is -2.09. The second kappa shape index (κ2) is 7.73. The highest BCUT2D eigenvalue weighted by molar-refractivity contribution is 5.85. The van der Waals surface area contributed by atoms with Crippen molar-refractivity contribution >= 4 is 23.6 Å². The molecule has 1 saturated heterocycles. The highest BCUT2D eigenvalue weighted by atomic mass is 35.5. The number of imidazole rings is 1. The van der Waals surface area contributed by atoms with Gasteiger partial charge in [0, 0.05) is 12.7 Å². The van der Waals surface area contributed by atoms with E-state index < -0.39 is 0 Å². The van der Waals surface area contributed by atoms with Crippen molar-refractivity contribution in [3.05, 3.63) is 77.3 Å². The summed E-state index contributed by atoms with van der Waals surface area (Å²) in [4.78, 5) is 17.8. The van der Waals surface area contributed by atoms with Gasteiger partial charge < -0.3 is 10.4 Å². The van der Waals surface area contributed by atoms with Gasteiger partial charge in [0.2, 0.25) is 0 Å². The van der Waals surface area contributed by atoms with Crippen LogP contribution in [-0.4, -0.2) is 32.3 Å². The molecule has 2 aromatic heterocycles. The maximum Gasteiger partial charge on any atom is 0.335 e. The summed E-state index contributed by atoms with van der Waals surface area (Å²) in [5, 5.41) is 12.8. The van der Waals surface area contributed by atoms with E-state index in [1.165, 1.54) is 0 Å². The molecule has 6 nitrogen and oxygen atoms in total. The van der Waals surface area contributed by atoms with E-state index >= 15 is 0 Å². The van der Waals surface area contributed by atoms with Gasteiger partial charge in [-0.25, -0.2) is 9.78 Å². The number of nitrogens with zero attached hydrogens (tertiary/aromatic N) is 3. The van der Waals surface area contributed by atoms with Gasteiger partial charge in [-0.15, -0.1) is 12.4 Å². The highest BCUT2D eigenvalue weighted by Gasteiger charge is 2.24. The smallest absolute Gasteiger partial charge is 0.335 e. The number of aromatic hydroxyl groups is 1. The van der Waals surface area contributed by atoms with Crippen molar-refractivity contribution < 1.29 is 5.11 Å². The van der Waals surface area contributed by atoms with Gasteiger partial charge in [-0.2, -0.15) is 0 Å². The lowest BCUT2D eigenvalue weighted by atomic mass is 10.1. The Morgan fingerprint density at radius 2 is 1.69 bits per heavy atom. The fourth-order valence-corrected chi connectivity index (χ4v) is 3.95. The molecular formula is C22H21ClN4O2. The summed E-state index contributed by atoms with van der Waals surface area (Å²) in [5.41, 5.74) is 4.34. The predicted octanol–water partition coefficient (Wildman–Crippen LogP) is 3.52. The largest absolute Gasteiger partial charge is 0.508 e. The first-order valence-corrected chi connectivity index (χ1v) is 9.41. The van der Waals surface area contributed by atoms with Gasteiger partial charge in [-0.05, 0) is 60.5 Å². The normalized spacial score (nSPS) is 16.1. The summed E-state index contributed by atoms with van der Waals surface area (Å²) in [6.07, 6.45) is 2.66. The Hall–Kier alpha value is -3.09. The number of phenolic OH excluding ortho intramolecular Hbond substituents is 1. The Morgan fingerprint density at radius 1 is 1.00 bits per heavy atom. The van der Waals surface area contributed by atoms with Crippen LogP contribution in [0.5, 0.6) is 5.75 Å². The minimum absolute atomic E-state index is 0. The van der Waals surface area contributed by atoms with Crippen molar-refractivity contribution in [2.24, 2.45) is 0 Å². The molecule has 2 aromatic carbocycles. The van der Waals surface area contributed by atoms with E-state index in [4.69, 9.17) is 0 Å². The highest BCUT2D eigenvalue weighted by Crippen LogP contribution is 2.25. The van der Waals surface area contributed by atoms with Crippen LogP contribution in [0.2, 0.25) is 0 Å². The third-order valence-corrected chi connectivity index (χ3v) is 5.36. The molecule has 29 heavy (non-hydrogen) atoms. The molecule has 4 aromatic rings. The van der Waals surface area contributed by atoms with Crippen molar-refractivity contribution in [2.75, 3.05) is 13.1 Å². The fourth-order valence-electron chi connectivity index (χ4n) is 3.95. The Labute approximate surface area is 173 Å². The number of hydrogen-bond acceptors (Lipinski definition) is 4. The number of benzene rings is 2. The van der Waals surface area contributed by atoms with Crippen molar-refractivity contribution in [2.45, 2.75) is 12.5 Å². The first-order chi connectivity index (χ1) is 13.7. The molecule has 0 aliphatic carbocycles. The lowest BCUT2D eigenvalue weighted by molar-refractivity contribution is 0.475. The van der Waals surface area contributed by atoms with Crippen LogP contribution in [0.15, 0.2) is 71.7 Å². The molecule has 148 valence electrons. The SMILES string of the molecule is Cl.O=c1n(-c2ccc(-c3ccc(O)cc3)cc2)c2cccnc2n1C1CCNC1. The minimum atomic E-state index is -0.0558. The number of hydrogen-bond donors (Lipinski definition) is 2. The fraction of sp³-hybridized carbons (Fsp3) is 0.182. The van der Waals surface area contributed by atoms with Crippen LogP contribution in [0.25, 0.3) is 28.0 Å². The number of rotatable bonds is 3. The van der Waals surface area contributed by atoms with Crippen LogP contribution in [0.4, 0.5) is 0 Å². The third-order valence-electron chi connectivity index (χ3n) is 5.36. The van der Waals surface area contributed by atoms with Gasteiger partial charge in [0.25, 0.3) is 0 Å². The average Bonchev–Trinajstić information content (AvgIpc) is 3.34. The monoisotopic (exact) mass is 408 g/mol. The topological polar surface area (TPSA) is 72.1 Å². The molecule has 1 aliphatic rings. The molecule has 0 bridgehead atoms. The zero-order valence-electron chi connectivity index (χ0n) is 15.7. The minimum Gasteiger partial charge on any atom is -0.508 e. The molecule has 0 spiro atoms. The molecule has 0 radical (unpaired) electrons. The molecule has 5 rings (SSSR count). The Bertz CT molecular complexity index is 1190. The molecule has 0 amide bonds. The standard InChI is InChI=1S/C22H20N4O2.ClH/c27-19-9-5-16(6-10-19)15-3-7-17(8-4-15)25-20-2-1-12-24-21(20)26(22(25)28)18-11-13-23-14-18;/h1-10,12,18,23,27H,11,13-14H2;1H. The number of pyridine rings is 1. The van der Waals surface area contributed by atoms with E-state index in [2.05, 4.69) is 10.3 Å². The first kappa shape index (κ1) is 19.2. The van der Waals surface area contributed by atoms with E-state index in [9.17, 15) is 9.90 Å². The van der Waals surface area contributed by atoms with Crippen LogP contribution >= 0.6 is 12.4 Å². The maximum atomic E-state index is 13.3. The molecule has 1 atom stereocenters. The second-order valence-corrected chi connectivity index (χ2v) is 7.07.